The van der Waals surface area contributed by atoms with Crippen LogP contribution in [0.4, 0.5) is 11.1 Å². The number of carbonyl (C=O) groups is 2. The van der Waals surface area contributed by atoms with Crippen molar-refractivity contribution in [1.82, 2.24) is 30.0 Å². The number of aliphatic hydroxyl groups excluding tert-OH is 1. The van der Waals surface area contributed by atoms with Crippen molar-refractivity contribution in [2.45, 2.75) is 44.6 Å². The van der Waals surface area contributed by atoms with E-state index in [4.69, 9.17) is 5.73 Å². The van der Waals surface area contributed by atoms with Crippen molar-refractivity contribution in [3.63, 3.8) is 0 Å². The number of nitrogen functional groups attached to an aromatic ring is 1. The average molecular weight is 469 g/mol. The molecule has 0 spiro atoms. The molecule has 1 atom stereocenters. The predicted octanol–water partition coefficient (Wildman–Crippen LogP) is 1.13. The first kappa shape index (κ1) is 21.5. The highest BCUT2D eigenvalue weighted by Crippen LogP contribution is 2.42. The van der Waals surface area contributed by atoms with Gasteiger partial charge < -0.3 is 15.7 Å². The van der Waals surface area contributed by atoms with E-state index >= 15 is 0 Å². The first-order valence-electron chi connectivity index (χ1n) is 10.6. The van der Waals surface area contributed by atoms with Crippen molar-refractivity contribution in [3.05, 3.63) is 34.1 Å². The minimum Gasteiger partial charge on any atom is -0.391 e. The number of nitrogens with zero attached hydrogens (tertiary/aromatic N) is 5. The summed E-state index contributed by atoms with van der Waals surface area (Å²) in [5.74, 6) is -0.313. The third-order valence-corrected chi connectivity index (χ3v) is 6.84. The van der Waals surface area contributed by atoms with E-state index in [2.05, 4.69) is 30.5 Å². The molecular formula is C21H24N8O3S. The van der Waals surface area contributed by atoms with Crippen LogP contribution in [-0.2, 0) is 23.1 Å². The standard InChI is InChI=1S/C21H24N8O3S/c1-21(2)6-10-7-23-19(22)25-15(10)16-14(21)17(28-27-16)18(32)26-20-24-11(9-33-20)5-13(31)29-4-3-12(30)8-29/h7,9,12,30H,3-6,8H2,1-2H3,(H,27,28)(H2,22,23,25)(H,24,26,32)/t12-/m1/s1. The van der Waals surface area contributed by atoms with Gasteiger partial charge in [0.05, 0.1) is 29.6 Å². The van der Waals surface area contributed by atoms with Crippen LogP contribution in [0.25, 0.3) is 11.4 Å². The maximum absolute atomic E-state index is 13.1. The second-order valence-electron chi connectivity index (χ2n) is 9.04. The Kier molecular flexibility index (Phi) is 5.13. The Bertz CT molecular complexity index is 1250. The van der Waals surface area contributed by atoms with E-state index in [1.807, 2.05) is 13.8 Å². The van der Waals surface area contributed by atoms with Crippen molar-refractivity contribution in [3.8, 4) is 11.4 Å². The van der Waals surface area contributed by atoms with E-state index in [0.29, 0.717) is 48.1 Å². The number of anilines is 2. The number of fused-ring (bicyclic) bond motifs is 3. The lowest BCUT2D eigenvalue weighted by Crippen LogP contribution is -2.31. The van der Waals surface area contributed by atoms with Gasteiger partial charge in [-0.05, 0) is 23.8 Å². The highest BCUT2D eigenvalue weighted by atomic mass is 32.1. The summed E-state index contributed by atoms with van der Waals surface area (Å²) in [7, 11) is 0. The van der Waals surface area contributed by atoms with Gasteiger partial charge in [0.15, 0.2) is 10.8 Å². The van der Waals surface area contributed by atoms with Crippen LogP contribution in [0.2, 0.25) is 0 Å². The van der Waals surface area contributed by atoms with E-state index in [-0.39, 0.29) is 35.3 Å². The average Bonchev–Trinajstić information content (AvgIpc) is 3.48. The third-order valence-electron chi connectivity index (χ3n) is 6.03. The molecule has 33 heavy (non-hydrogen) atoms. The van der Waals surface area contributed by atoms with Crippen LogP contribution in [0.5, 0.6) is 0 Å². The molecule has 0 radical (unpaired) electrons. The molecule has 4 heterocycles. The number of rotatable bonds is 4. The minimum atomic E-state index is -0.460. The number of aromatic amines is 1. The number of thiazole rings is 1. The molecule has 1 aliphatic heterocycles. The van der Waals surface area contributed by atoms with Crippen LogP contribution in [0.3, 0.4) is 0 Å². The Morgan fingerprint density at radius 1 is 1.39 bits per heavy atom. The largest absolute Gasteiger partial charge is 0.391 e. The summed E-state index contributed by atoms with van der Waals surface area (Å²) < 4.78 is 0. The van der Waals surface area contributed by atoms with Crippen molar-refractivity contribution >= 4 is 34.2 Å². The summed E-state index contributed by atoms with van der Waals surface area (Å²) in [6, 6.07) is 0. The molecule has 5 N–H and O–H groups in total. The van der Waals surface area contributed by atoms with Gasteiger partial charge in [-0.3, -0.25) is 20.0 Å². The van der Waals surface area contributed by atoms with Gasteiger partial charge in [0.2, 0.25) is 11.9 Å². The van der Waals surface area contributed by atoms with Crippen molar-refractivity contribution < 1.29 is 14.7 Å². The van der Waals surface area contributed by atoms with Gasteiger partial charge in [-0.15, -0.1) is 11.3 Å². The van der Waals surface area contributed by atoms with Crippen molar-refractivity contribution in [1.29, 1.82) is 0 Å². The first-order chi connectivity index (χ1) is 15.7. The summed E-state index contributed by atoms with van der Waals surface area (Å²) in [5, 5.41) is 21.8. The highest BCUT2D eigenvalue weighted by molar-refractivity contribution is 7.14. The Hall–Kier alpha value is -3.38. The monoisotopic (exact) mass is 468 g/mol. The summed E-state index contributed by atoms with van der Waals surface area (Å²) in [6.07, 6.45) is 2.62. The lowest BCUT2D eigenvalue weighted by Gasteiger charge is -2.31. The SMILES string of the molecule is CC1(C)Cc2cnc(N)nc2-c2[nH]nc(C(=O)Nc3nc(CC(=O)N4CC[C@@H](O)C4)cs3)c21. The minimum absolute atomic E-state index is 0.0854. The Morgan fingerprint density at radius 3 is 2.97 bits per heavy atom. The number of likely N-dealkylation sites (tertiary alicyclic amines) is 1. The molecular weight excluding hydrogens is 444 g/mol. The quantitative estimate of drug-likeness (QED) is 0.443. The number of nitrogens with two attached hydrogens (primary N) is 1. The van der Waals surface area contributed by atoms with Gasteiger partial charge in [-0.25, -0.2) is 15.0 Å². The summed E-state index contributed by atoms with van der Waals surface area (Å²) in [6.45, 7) is 4.99. The van der Waals surface area contributed by atoms with E-state index < -0.39 is 6.10 Å². The predicted molar refractivity (Wildman–Crippen MR) is 122 cm³/mol. The zero-order valence-corrected chi connectivity index (χ0v) is 19.1. The number of aliphatic hydroxyl groups is 1. The third kappa shape index (κ3) is 3.95. The summed E-state index contributed by atoms with van der Waals surface area (Å²) in [5.41, 5.74) is 9.29. The molecule has 0 unspecified atom stereocenters. The van der Waals surface area contributed by atoms with E-state index in [1.165, 1.54) is 11.3 Å². The van der Waals surface area contributed by atoms with Gasteiger partial charge in [0, 0.05) is 30.2 Å². The molecule has 1 saturated heterocycles. The topological polar surface area (TPSA) is 163 Å². The Morgan fingerprint density at radius 2 is 2.21 bits per heavy atom. The van der Waals surface area contributed by atoms with Crippen LogP contribution in [0.15, 0.2) is 11.6 Å². The normalized spacial score (nSPS) is 18.6. The molecule has 172 valence electrons. The lowest BCUT2D eigenvalue weighted by atomic mass is 9.73. The fraction of sp³-hybridized carbons (Fsp3) is 0.429. The lowest BCUT2D eigenvalue weighted by molar-refractivity contribution is -0.129. The van der Waals surface area contributed by atoms with Gasteiger partial charge in [-0.2, -0.15) is 5.10 Å². The van der Waals surface area contributed by atoms with Crippen LogP contribution in [-0.4, -0.2) is 66.2 Å². The van der Waals surface area contributed by atoms with Gasteiger partial charge >= 0.3 is 0 Å². The van der Waals surface area contributed by atoms with Crippen LogP contribution in [0, 0.1) is 0 Å². The summed E-state index contributed by atoms with van der Waals surface area (Å²) in [4.78, 5) is 40.0. The molecule has 11 nitrogen and oxygen atoms in total. The van der Waals surface area contributed by atoms with E-state index in [9.17, 15) is 14.7 Å². The van der Waals surface area contributed by atoms with Gasteiger partial charge in [0.25, 0.3) is 5.91 Å². The molecule has 0 bridgehead atoms. The molecule has 12 heteroatoms. The molecule has 3 aromatic heterocycles. The fourth-order valence-corrected chi connectivity index (χ4v) is 5.21. The van der Waals surface area contributed by atoms with Crippen molar-refractivity contribution in [2.75, 3.05) is 24.1 Å². The number of hydrogen-bond donors (Lipinski definition) is 4. The molecule has 3 aromatic rings. The number of carbonyl (C=O) groups excluding carboxylic acids is 2. The first-order valence-corrected chi connectivity index (χ1v) is 11.5. The van der Waals surface area contributed by atoms with Crippen LogP contribution < -0.4 is 11.1 Å². The number of hydrogen-bond acceptors (Lipinski definition) is 9. The molecule has 2 aliphatic rings. The van der Waals surface area contributed by atoms with Crippen LogP contribution >= 0.6 is 11.3 Å². The van der Waals surface area contributed by atoms with E-state index in [0.717, 1.165) is 11.1 Å². The number of nitrogens with one attached hydrogen (secondary N) is 2. The number of H-pyrrole nitrogens is 1. The van der Waals surface area contributed by atoms with Gasteiger partial charge in [0.1, 0.15) is 0 Å². The Balaban J connectivity index is 1.34. The molecule has 2 amide bonds. The number of amides is 2. The molecule has 1 fully saturated rings. The number of aromatic nitrogens is 5. The van der Waals surface area contributed by atoms with Crippen molar-refractivity contribution in [2.24, 2.45) is 0 Å². The molecule has 0 aromatic carbocycles. The van der Waals surface area contributed by atoms with Gasteiger partial charge in [-0.1, -0.05) is 13.8 Å². The highest BCUT2D eigenvalue weighted by Gasteiger charge is 2.38. The maximum atomic E-state index is 13.1. The maximum Gasteiger partial charge on any atom is 0.278 e. The second-order valence-corrected chi connectivity index (χ2v) is 9.90. The smallest absolute Gasteiger partial charge is 0.278 e. The zero-order chi connectivity index (χ0) is 23.3. The molecule has 0 saturated carbocycles. The van der Waals surface area contributed by atoms with E-state index in [1.54, 1.807) is 16.5 Å². The number of β-amino-alcohol motifs (C(OH)–C–C–N with tert-alkyl or cyclic N) is 1. The second kappa shape index (κ2) is 7.89. The zero-order valence-electron chi connectivity index (χ0n) is 18.3. The Labute approximate surface area is 193 Å². The fourth-order valence-electron chi connectivity index (χ4n) is 4.50. The van der Waals surface area contributed by atoms with Crippen LogP contribution in [0.1, 0.15) is 47.6 Å². The molecule has 1 aliphatic carbocycles. The summed E-state index contributed by atoms with van der Waals surface area (Å²) >= 11 is 1.25. The molecule has 5 rings (SSSR count).